The van der Waals surface area contributed by atoms with Crippen molar-refractivity contribution in [3.8, 4) is 6.07 Å². The lowest BCUT2D eigenvalue weighted by atomic mass is 9.76. The highest BCUT2D eigenvalue weighted by molar-refractivity contribution is 5.11. The van der Waals surface area contributed by atoms with Crippen molar-refractivity contribution in [3.63, 3.8) is 0 Å². The van der Waals surface area contributed by atoms with E-state index in [0.717, 1.165) is 12.8 Å². The topological polar surface area (TPSA) is 56.0 Å². The summed E-state index contributed by atoms with van der Waals surface area (Å²) in [6.07, 6.45) is 10.7. The van der Waals surface area contributed by atoms with Crippen molar-refractivity contribution in [2.24, 2.45) is 5.41 Å². The predicted molar refractivity (Wildman–Crippen MR) is 94.7 cm³/mol. The summed E-state index contributed by atoms with van der Waals surface area (Å²) in [5.41, 5.74) is -0.757. The van der Waals surface area contributed by atoms with Gasteiger partial charge in [-0.05, 0) is 18.8 Å². The van der Waals surface area contributed by atoms with Gasteiger partial charge < -0.3 is 5.11 Å². The van der Waals surface area contributed by atoms with Crippen molar-refractivity contribution in [1.82, 2.24) is 5.32 Å². The quantitative estimate of drug-likeness (QED) is 0.509. The first-order valence-corrected chi connectivity index (χ1v) is 9.11. The average Bonchev–Trinajstić information content (AvgIpc) is 2.46. The van der Waals surface area contributed by atoms with Gasteiger partial charge in [0.25, 0.3) is 0 Å². The Bertz CT molecular complexity index is 316. The van der Waals surface area contributed by atoms with Crippen LogP contribution in [0.3, 0.4) is 0 Å². The highest BCUT2D eigenvalue weighted by Gasteiger charge is 2.37. The molecule has 130 valence electrons. The van der Waals surface area contributed by atoms with Crippen LogP contribution in [-0.4, -0.2) is 23.3 Å². The summed E-state index contributed by atoms with van der Waals surface area (Å²) in [4.78, 5) is 0. The fraction of sp³-hybridized carbons (Fsp3) is 0.947. The van der Waals surface area contributed by atoms with Gasteiger partial charge in [0.1, 0.15) is 5.54 Å². The van der Waals surface area contributed by atoms with Gasteiger partial charge in [-0.1, -0.05) is 79.1 Å². The molecule has 0 heterocycles. The van der Waals surface area contributed by atoms with E-state index in [1.54, 1.807) is 0 Å². The van der Waals surface area contributed by atoms with Crippen LogP contribution < -0.4 is 5.32 Å². The Labute approximate surface area is 138 Å². The van der Waals surface area contributed by atoms with Crippen LogP contribution in [0.4, 0.5) is 0 Å². The Kier molecular flexibility index (Phi) is 10.7. The molecule has 3 heteroatoms. The van der Waals surface area contributed by atoms with E-state index in [1.165, 1.54) is 44.9 Å². The zero-order valence-electron chi connectivity index (χ0n) is 15.5. The zero-order chi connectivity index (χ0) is 17.1. The maximum Gasteiger partial charge on any atom is 0.108 e. The van der Waals surface area contributed by atoms with Gasteiger partial charge in [-0.3, -0.25) is 5.32 Å². The molecular weight excluding hydrogens is 272 g/mol. The van der Waals surface area contributed by atoms with E-state index in [2.05, 4.69) is 18.3 Å². The average molecular weight is 311 g/mol. The maximum atomic E-state index is 10.1. The van der Waals surface area contributed by atoms with Crippen LogP contribution in [0.15, 0.2) is 0 Å². The second-order valence-corrected chi connectivity index (χ2v) is 7.79. The molecule has 0 saturated heterocycles. The summed E-state index contributed by atoms with van der Waals surface area (Å²) >= 11 is 0. The summed E-state index contributed by atoms with van der Waals surface area (Å²) in [5.74, 6) is 0. The van der Waals surface area contributed by atoms with E-state index in [0.29, 0.717) is 6.54 Å². The number of nitrogens with zero attached hydrogens (tertiary/aromatic N) is 1. The third-order valence-corrected chi connectivity index (χ3v) is 4.81. The second-order valence-electron chi connectivity index (χ2n) is 7.79. The molecule has 2 atom stereocenters. The Hall–Kier alpha value is -0.590. The highest BCUT2D eigenvalue weighted by Crippen LogP contribution is 2.29. The molecule has 2 N–H and O–H groups in total. The summed E-state index contributed by atoms with van der Waals surface area (Å²) in [5, 5.41) is 22.7. The molecule has 0 saturated carbocycles. The van der Waals surface area contributed by atoms with Crippen LogP contribution in [0.2, 0.25) is 0 Å². The molecule has 22 heavy (non-hydrogen) atoms. The van der Waals surface area contributed by atoms with Gasteiger partial charge in [-0.2, -0.15) is 5.26 Å². The Morgan fingerprint density at radius 3 is 1.91 bits per heavy atom. The number of nitriles is 1. The Morgan fingerprint density at radius 1 is 0.955 bits per heavy atom. The van der Waals surface area contributed by atoms with E-state index in [1.807, 2.05) is 27.7 Å². The number of aliphatic hydroxyl groups excluding tert-OH is 1. The molecule has 2 unspecified atom stereocenters. The third-order valence-electron chi connectivity index (χ3n) is 4.81. The minimum Gasteiger partial charge on any atom is -0.392 e. The van der Waals surface area contributed by atoms with Crippen molar-refractivity contribution < 1.29 is 5.11 Å². The molecule has 0 aliphatic carbocycles. The molecule has 0 aromatic rings. The van der Waals surface area contributed by atoms with Crippen molar-refractivity contribution in [3.05, 3.63) is 0 Å². The highest BCUT2D eigenvalue weighted by atomic mass is 16.3. The fourth-order valence-corrected chi connectivity index (χ4v) is 2.41. The predicted octanol–water partition coefficient (Wildman–Crippen LogP) is 4.80. The van der Waals surface area contributed by atoms with Gasteiger partial charge >= 0.3 is 0 Å². The van der Waals surface area contributed by atoms with Crippen molar-refractivity contribution >= 4 is 0 Å². The van der Waals surface area contributed by atoms with Gasteiger partial charge in [0.2, 0.25) is 0 Å². The van der Waals surface area contributed by atoms with Gasteiger partial charge in [-0.15, -0.1) is 0 Å². The molecule has 0 aliphatic rings. The molecule has 3 nitrogen and oxygen atoms in total. The minimum atomic E-state index is -0.604. The van der Waals surface area contributed by atoms with Crippen LogP contribution >= 0.6 is 0 Å². The van der Waals surface area contributed by atoms with E-state index in [4.69, 9.17) is 0 Å². The summed E-state index contributed by atoms with van der Waals surface area (Å²) in [7, 11) is 0. The van der Waals surface area contributed by atoms with Crippen LogP contribution in [0, 0.1) is 16.7 Å². The number of hydrogen-bond acceptors (Lipinski definition) is 3. The fourth-order valence-electron chi connectivity index (χ4n) is 2.41. The SMILES string of the molecule is CCCCCCCCCCC(O)CNC(C)(C#N)C(C)(C)C. The van der Waals surface area contributed by atoms with E-state index < -0.39 is 5.54 Å². The molecule has 0 bridgehead atoms. The number of nitrogens with one attached hydrogen (secondary N) is 1. The lowest BCUT2D eigenvalue weighted by molar-refractivity contribution is 0.128. The second kappa shape index (κ2) is 11.0. The number of unbranched alkanes of at least 4 members (excludes halogenated alkanes) is 7. The van der Waals surface area contributed by atoms with Crippen LogP contribution in [-0.2, 0) is 0 Å². The first-order valence-electron chi connectivity index (χ1n) is 9.11. The van der Waals surface area contributed by atoms with Crippen LogP contribution in [0.1, 0.15) is 92.4 Å². The van der Waals surface area contributed by atoms with E-state index in [-0.39, 0.29) is 11.5 Å². The molecule has 0 aromatic heterocycles. The molecule has 0 amide bonds. The standard InChI is InChI=1S/C19H38N2O/c1-6-7-8-9-10-11-12-13-14-17(22)15-21-19(5,16-20)18(2,3)4/h17,21-22H,6-15H2,1-5H3. The smallest absolute Gasteiger partial charge is 0.108 e. The van der Waals surface area contributed by atoms with Gasteiger partial charge in [0.15, 0.2) is 0 Å². The van der Waals surface area contributed by atoms with E-state index >= 15 is 0 Å². The van der Waals surface area contributed by atoms with Crippen molar-refractivity contribution in [2.45, 2.75) is 104 Å². The zero-order valence-corrected chi connectivity index (χ0v) is 15.5. The largest absolute Gasteiger partial charge is 0.392 e. The summed E-state index contributed by atoms with van der Waals surface area (Å²) < 4.78 is 0. The monoisotopic (exact) mass is 310 g/mol. The van der Waals surface area contributed by atoms with Crippen LogP contribution in [0.5, 0.6) is 0 Å². The Balaban J connectivity index is 3.74. The molecule has 0 aromatic carbocycles. The number of aliphatic hydroxyl groups is 1. The van der Waals surface area contributed by atoms with Crippen molar-refractivity contribution in [2.75, 3.05) is 6.54 Å². The minimum absolute atomic E-state index is 0.153. The first kappa shape index (κ1) is 21.4. The lowest BCUT2D eigenvalue weighted by Crippen LogP contribution is -2.53. The molecule has 0 spiro atoms. The van der Waals surface area contributed by atoms with Crippen LogP contribution in [0.25, 0.3) is 0 Å². The maximum absolute atomic E-state index is 10.1. The molecular formula is C19H38N2O. The normalized spacial score (nSPS) is 16.0. The van der Waals surface area contributed by atoms with E-state index in [9.17, 15) is 10.4 Å². The van der Waals surface area contributed by atoms with Gasteiger partial charge in [0, 0.05) is 6.54 Å². The summed E-state index contributed by atoms with van der Waals surface area (Å²) in [6, 6.07) is 2.35. The van der Waals surface area contributed by atoms with Gasteiger partial charge in [0.05, 0.1) is 12.2 Å². The number of rotatable bonds is 12. The molecule has 0 rings (SSSR count). The van der Waals surface area contributed by atoms with Gasteiger partial charge in [-0.25, -0.2) is 0 Å². The van der Waals surface area contributed by atoms with Crippen molar-refractivity contribution in [1.29, 1.82) is 5.26 Å². The Morgan fingerprint density at radius 2 is 1.45 bits per heavy atom. The molecule has 0 radical (unpaired) electrons. The lowest BCUT2D eigenvalue weighted by Gasteiger charge is -2.37. The third kappa shape index (κ3) is 8.76. The first-order chi connectivity index (χ1) is 10.3. The number of hydrogen-bond donors (Lipinski definition) is 2. The molecule has 0 aliphatic heterocycles. The molecule has 0 fully saturated rings. The summed E-state index contributed by atoms with van der Waals surface area (Å²) in [6.45, 7) is 10.8. The number of β-amino-alcohol motifs (C(OH)–C–C–N with tert-alkyl or cyclic N) is 1.